The number of carboxylic acids is 1. The number of benzene rings is 1. The van der Waals surface area contributed by atoms with E-state index in [1.165, 1.54) is 21.1 Å². The van der Waals surface area contributed by atoms with Gasteiger partial charge >= 0.3 is 5.97 Å². The molecule has 1 atom stereocenters. The van der Waals surface area contributed by atoms with Crippen LogP contribution in [0.4, 0.5) is 0 Å². The molecule has 3 rings (SSSR count). The summed E-state index contributed by atoms with van der Waals surface area (Å²) in [4.78, 5) is 13.8. The third-order valence-corrected chi connectivity index (χ3v) is 5.79. The zero-order chi connectivity index (χ0) is 20.8. The molecule has 0 fully saturated rings. The summed E-state index contributed by atoms with van der Waals surface area (Å²) in [6.07, 6.45) is -0.474. The minimum atomic E-state index is -0.939. The van der Waals surface area contributed by atoms with Gasteiger partial charge in [0, 0.05) is 23.6 Å². The molecule has 0 amide bonds. The predicted octanol–water partition coefficient (Wildman–Crippen LogP) is 4.94. The Labute approximate surface area is 175 Å². The molecule has 0 saturated heterocycles. The Bertz CT molecular complexity index is 942. The van der Waals surface area contributed by atoms with E-state index in [9.17, 15) is 9.90 Å². The van der Waals surface area contributed by atoms with Gasteiger partial charge in [0.2, 0.25) is 0 Å². The van der Waals surface area contributed by atoms with Gasteiger partial charge in [0.05, 0.1) is 17.1 Å². The fraction of sp³-hybridized carbons (Fsp3) is 0.348. The molecule has 0 aliphatic carbocycles. The maximum Gasteiger partial charge on any atom is 0.333 e. The van der Waals surface area contributed by atoms with E-state index >= 15 is 0 Å². The van der Waals surface area contributed by atoms with Crippen molar-refractivity contribution in [2.24, 2.45) is 0 Å². The van der Waals surface area contributed by atoms with Crippen molar-refractivity contribution in [3.8, 4) is 16.3 Å². The third-order valence-electron chi connectivity index (χ3n) is 4.76. The number of nitrogens with zero attached hydrogens (tertiary/aromatic N) is 1. The Kier molecular flexibility index (Phi) is 7.12. The Balaban J connectivity index is 1.58. The Morgan fingerprint density at radius 2 is 1.86 bits per heavy atom. The van der Waals surface area contributed by atoms with E-state index in [0.717, 1.165) is 17.9 Å². The van der Waals surface area contributed by atoms with Crippen molar-refractivity contribution in [2.45, 2.75) is 39.8 Å². The van der Waals surface area contributed by atoms with E-state index in [-0.39, 0.29) is 0 Å². The van der Waals surface area contributed by atoms with Gasteiger partial charge in [-0.3, -0.25) is 0 Å². The molecular formula is C23H27NO4S. The lowest BCUT2D eigenvalue weighted by molar-refractivity contribution is -0.149. The number of thiophene rings is 1. The van der Waals surface area contributed by atoms with Crippen molar-refractivity contribution in [1.29, 1.82) is 0 Å². The van der Waals surface area contributed by atoms with Crippen molar-refractivity contribution >= 4 is 17.3 Å². The molecule has 0 aliphatic rings. The van der Waals surface area contributed by atoms with Gasteiger partial charge in [-0.25, -0.2) is 4.79 Å². The van der Waals surface area contributed by atoms with Crippen LogP contribution in [0.5, 0.6) is 5.75 Å². The molecule has 0 bridgehead atoms. The minimum Gasteiger partial charge on any atom is -0.492 e. The SMILES string of the molecule is CCOC(Cc1ccc(OCCn2c(C)ccc2-c2ccc(C)s2)cc1)C(=O)O. The molecule has 1 N–H and O–H groups in total. The average molecular weight is 414 g/mol. The van der Waals surface area contributed by atoms with Gasteiger partial charge in [-0.05, 0) is 62.7 Å². The van der Waals surface area contributed by atoms with Crippen molar-refractivity contribution in [3.63, 3.8) is 0 Å². The lowest BCUT2D eigenvalue weighted by Gasteiger charge is -2.14. The zero-order valence-electron chi connectivity index (χ0n) is 17.1. The summed E-state index contributed by atoms with van der Waals surface area (Å²) in [5.41, 5.74) is 3.34. The quantitative estimate of drug-likeness (QED) is 0.511. The number of carboxylic acid groups (broad SMARTS) is 1. The second-order valence-corrected chi connectivity index (χ2v) is 8.19. The van der Waals surface area contributed by atoms with Crippen LogP contribution in [0, 0.1) is 13.8 Å². The van der Waals surface area contributed by atoms with E-state index < -0.39 is 12.1 Å². The molecule has 154 valence electrons. The Morgan fingerprint density at radius 3 is 2.48 bits per heavy atom. The highest BCUT2D eigenvalue weighted by Crippen LogP contribution is 2.29. The highest BCUT2D eigenvalue weighted by Gasteiger charge is 2.17. The van der Waals surface area contributed by atoms with Gasteiger partial charge < -0.3 is 19.1 Å². The molecule has 2 aromatic heterocycles. The van der Waals surface area contributed by atoms with Crippen LogP contribution in [0.25, 0.3) is 10.6 Å². The number of ether oxygens (including phenoxy) is 2. The summed E-state index contributed by atoms with van der Waals surface area (Å²) in [7, 11) is 0. The Morgan fingerprint density at radius 1 is 1.10 bits per heavy atom. The maximum absolute atomic E-state index is 11.2. The molecule has 0 radical (unpaired) electrons. The first-order valence-electron chi connectivity index (χ1n) is 9.77. The topological polar surface area (TPSA) is 60.7 Å². The first kappa shape index (κ1) is 21.1. The van der Waals surface area contributed by atoms with E-state index in [2.05, 4.69) is 42.7 Å². The summed E-state index contributed by atoms with van der Waals surface area (Å²) in [6.45, 7) is 7.72. The van der Waals surface area contributed by atoms with Gasteiger partial charge in [-0.2, -0.15) is 0 Å². The molecule has 29 heavy (non-hydrogen) atoms. The number of hydrogen-bond donors (Lipinski definition) is 1. The molecule has 6 heteroatoms. The number of aromatic nitrogens is 1. The molecular weight excluding hydrogens is 386 g/mol. The summed E-state index contributed by atoms with van der Waals surface area (Å²) in [5, 5.41) is 9.20. The van der Waals surface area contributed by atoms with Crippen molar-refractivity contribution in [1.82, 2.24) is 4.57 Å². The molecule has 1 aromatic carbocycles. The van der Waals surface area contributed by atoms with Gasteiger partial charge in [-0.1, -0.05) is 12.1 Å². The fourth-order valence-electron chi connectivity index (χ4n) is 3.26. The van der Waals surface area contributed by atoms with Crippen molar-refractivity contribution in [3.05, 3.63) is 64.7 Å². The van der Waals surface area contributed by atoms with Gasteiger partial charge in [0.25, 0.3) is 0 Å². The second-order valence-electron chi connectivity index (χ2n) is 6.90. The molecule has 1 unspecified atom stereocenters. The van der Waals surface area contributed by atoms with Gasteiger partial charge in [0.1, 0.15) is 12.4 Å². The molecule has 5 nitrogen and oxygen atoms in total. The van der Waals surface area contributed by atoms with E-state index in [1.807, 2.05) is 24.3 Å². The summed E-state index contributed by atoms with van der Waals surface area (Å²) >= 11 is 1.80. The highest BCUT2D eigenvalue weighted by molar-refractivity contribution is 7.15. The molecule has 0 aliphatic heterocycles. The monoisotopic (exact) mass is 413 g/mol. The molecule has 2 heterocycles. The standard InChI is InChI=1S/C23H27NO4S/c1-4-27-21(23(25)26)15-18-7-9-19(10-8-18)28-14-13-24-16(2)5-11-20(24)22-12-6-17(3)29-22/h5-12,21H,4,13-15H2,1-3H3,(H,25,26). The van der Waals surface area contributed by atoms with Crippen LogP contribution in [0.1, 0.15) is 23.1 Å². The van der Waals surface area contributed by atoms with Crippen LogP contribution >= 0.6 is 11.3 Å². The molecule has 0 spiro atoms. The number of aryl methyl sites for hydroxylation is 2. The second kappa shape index (κ2) is 9.76. The smallest absolute Gasteiger partial charge is 0.333 e. The molecule has 3 aromatic rings. The van der Waals surface area contributed by atoms with E-state index in [0.29, 0.717) is 19.6 Å². The van der Waals surface area contributed by atoms with E-state index in [4.69, 9.17) is 9.47 Å². The first-order valence-corrected chi connectivity index (χ1v) is 10.6. The number of carbonyl (C=O) groups is 1. The number of aliphatic carboxylic acids is 1. The summed E-state index contributed by atoms with van der Waals surface area (Å²) in [6, 6.07) is 16.2. The molecule has 0 saturated carbocycles. The van der Waals surface area contributed by atoms with Gasteiger partial charge in [-0.15, -0.1) is 11.3 Å². The fourth-order valence-corrected chi connectivity index (χ4v) is 4.16. The summed E-state index contributed by atoms with van der Waals surface area (Å²) < 4.78 is 13.5. The number of hydrogen-bond acceptors (Lipinski definition) is 4. The lowest BCUT2D eigenvalue weighted by Crippen LogP contribution is -2.26. The summed E-state index contributed by atoms with van der Waals surface area (Å²) in [5.74, 6) is -0.165. The van der Waals surface area contributed by atoms with Crippen molar-refractivity contribution < 1.29 is 19.4 Å². The Hall–Kier alpha value is -2.57. The maximum atomic E-state index is 11.2. The van der Waals surface area contributed by atoms with E-state index in [1.54, 1.807) is 18.3 Å². The average Bonchev–Trinajstić information content (AvgIpc) is 3.28. The van der Waals surface area contributed by atoms with Crippen LogP contribution in [0.2, 0.25) is 0 Å². The first-order chi connectivity index (χ1) is 14.0. The minimum absolute atomic E-state index is 0.343. The third kappa shape index (κ3) is 5.49. The van der Waals surface area contributed by atoms with Crippen LogP contribution < -0.4 is 4.74 Å². The largest absolute Gasteiger partial charge is 0.492 e. The van der Waals surface area contributed by atoms with Crippen LogP contribution in [0.15, 0.2) is 48.5 Å². The normalized spacial score (nSPS) is 12.1. The van der Waals surface area contributed by atoms with Gasteiger partial charge in [0.15, 0.2) is 6.10 Å². The lowest BCUT2D eigenvalue weighted by atomic mass is 10.1. The highest BCUT2D eigenvalue weighted by atomic mass is 32.1. The predicted molar refractivity (Wildman–Crippen MR) is 116 cm³/mol. The van der Waals surface area contributed by atoms with Crippen LogP contribution in [0.3, 0.4) is 0 Å². The van der Waals surface area contributed by atoms with Crippen LogP contribution in [-0.2, 0) is 22.5 Å². The van der Waals surface area contributed by atoms with Crippen molar-refractivity contribution in [2.75, 3.05) is 13.2 Å². The number of rotatable bonds is 10. The van der Waals surface area contributed by atoms with Crippen LogP contribution in [-0.4, -0.2) is 35.0 Å². The zero-order valence-corrected chi connectivity index (χ0v) is 17.9.